The van der Waals surface area contributed by atoms with Gasteiger partial charge in [0.1, 0.15) is 0 Å². The Bertz CT molecular complexity index is 674. The summed E-state index contributed by atoms with van der Waals surface area (Å²) in [5.41, 5.74) is 0. The van der Waals surface area contributed by atoms with Crippen LogP contribution in [0.15, 0.2) is 35.2 Å². The Balaban J connectivity index is 1.99. The minimum atomic E-state index is -3.74. The first kappa shape index (κ1) is 17.4. The van der Waals surface area contributed by atoms with E-state index in [-0.39, 0.29) is 11.4 Å². The zero-order chi connectivity index (χ0) is 17.0. The van der Waals surface area contributed by atoms with Crippen molar-refractivity contribution in [3.05, 3.63) is 30.3 Å². The number of amides is 1. The molecule has 1 aromatic carbocycles. The first-order chi connectivity index (χ1) is 10.8. The number of carbonyl (C=O) groups excluding carboxylic acids is 1. The third-order valence-corrected chi connectivity index (χ3v) is 5.81. The van der Waals surface area contributed by atoms with Gasteiger partial charge in [-0.3, -0.25) is 9.59 Å². The average Bonchev–Trinajstić information content (AvgIpc) is 2.96. The molecule has 1 fully saturated rings. The van der Waals surface area contributed by atoms with Crippen LogP contribution in [0.1, 0.15) is 19.3 Å². The predicted molar refractivity (Wildman–Crippen MR) is 83.2 cm³/mol. The molecule has 0 unspecified atom stereocenters. The first-order valence-electron chi connectivity index (χ1n) is 7.36. The Hall–Kier alpha value is -1.93. The van der Waals surface area contributed by atoms with Crippen molar-refractivity contribution in [2.24, 2.45) is 5.92 Å². The fraction of sp³-hybridized carbons (Fsp3) is 0.467. The van der Waals surface area contributed by atoms with Crippen LogP contribution in [0.5, 0.6) is 0 Å². The molecule has 0 aliphatic heterocycles. The topological polar surface area (TPSA) is 104 Å². The van der Waals surface area contributed by atoms with Gasteiger partial charge in [-0.2, -0.15) is 4.31 Å². The minimum absolute atomic E-state index is 0.111. The number of carboxylic acids is 1. The lowest BCUT2D eigenvalue weighted by molar-refractivity contribution is -0.142. The van der Waals surface area contributed by atoms with Gasteiger partial charge in [0.15, 0.2) is 0 Å². The number of carboxylic acid groups (broad SMARTS) is 1. The highest BCUT2D eigenvalue weighted by Gasteiger charge is 2.34. The SMILES string of the molecule is CN(CC(=O)N[C@@H]1CCC[C@@H]1C(=O)O)S(=O)(=O)c1ccccc1. The van der Waals surface area contributed by atoms with E-state index in [2.05, 4.69) is 5.32 Å². The highest BCUT2D eigenvalue weighted by atomic mass is 32.2. The van der Waals surface area contributed by atoms with Gasteiger partial charge in [-0.05, 0) is 25.0 Å². The molecule has 0 aromatic heterocycles. The molecule has 0 bridgehead atoms. The molecule has 0 radical (unpaired) electrons. The van der Waals surface area contributed by atoms with Gasteiger partial charge in [-0.1, -0.05) is 24.6 Å². The van der Waals surface area contributed by atoms with Gasteiger partial charge in [-0.15, -0.1) is 0 Å². The van der Waals surface area contributed by atoms with Crippen LogP contribution in [-0.4, -0.2) is 49.3 Å². The van der Waals surface area contributed by atoms with E-state index >= 15 is 0 Å². The second-order valence-electron chi connectivity index (χ2n) is 5.62. The van der Waals surface area contributed by atoms with Crippen molar-refractivity contribution < 1.29 is 23.1 Å². The fourth-order valence-electron chi connectivity index (χ4n) is 2.74. The number of rotatable bonds is 6. The van der Waals surface area contributed by atoms with Crippen molar-refractivity contribution in [2.75, 3.05) is 13.6 Å². The van der Waals surface area contributed by atoms with Crippen LogP contribution in [0.25, 0.3) is 0 Å². The number of likely N-dealkylation sites (N-methyl/N-ethyl adjacent to an activating group) is 1. The van der Waals surface area contributed by atoms with Gasteiger partial charge in [0.2, 0.25) is 15.9 Å². The second-order valence-corrected chi connectivity index (χ2v) is 7.67. The first-order valence-corrected chi connectivity index (χ1v) is 8.80. The molecule has 1 amide bonds. The van der Waals surface area contributed by atoms with Crippen molar-refractivity contribution >= 4 is 21.9 Å². The Labute approximate surface area is 135 Å². The summed E-state index contributed by atoms with van der Waals surface area (Å²) in [6, 6.07) is 7.40. The fourth-order valence-corrected chi connectivity index (χ4v) is 3.89. The van der Waals surface area contributed by atoms with Crippen LogP contribution in [0, 0.1) is 5.92 Å². The lowest BCUT2D eigenvalue weighted by Crippen LogP contribution is -2.45. The van der Waals surface area contributed by atoms with E-state index in [1.807, 2.05) is 0 Å². The maximum absolute atomic E-state index is 12.3. The Morgan fingerprint density at radius 3 is 2.52 bits per heavy atom. The smallest absolute Gasteiger partial charge is 0.308 e. The van der Waals surface area contributed by atoms with Crippen molar-refractivity contribution in [1.29, 1.82) is 0 Å². The number of aliphatic carboxylic acids is 1. The predicted octanol–water partition coefficient (Wildman–Crippen LogP) is 0.677. The van der Waals surface area contributed by atoms with Gasteiger partial charge in [0, 0.05) is 13.1 Å². The van der Waals surface area contributed by atoms with E-state index in [0.717, 1.165) is 10.7 Å². The van der Waals surface area contributed by atoms with E-state index in [4.69, 9.17) is 5.11 Å². The molecule has 1 aromatic rings. The molecule has 0 heterocycles. The highest BCUT2D eigenvalue weighted by Crippen LogP contribution is 2.25. The summed E-state index contributed by atoms with van der Waals surface area (Å²) in [4.78, 5) is 23.3. The summed E-state index contributed by atoms with van der Waals surface area (Å²) in [6.45, 7) is -0.347. The zero-order valence-electron chi connectivity index (χ0n) is 12.8. The van der Waals surface area contributed by atoms with E-state index < -0.39 is 33.9 Å². The molecule has 1 aliphatic carbocycles. The van der Waals surface area contributed by atoms with Gasteiger partial charge in [0.05, 0.1) is 17.4 Å². The number of nitrogens with one attached hydrogen (secondary N) is 1. The van der Waals surface area contributed by atoms with Crippen LogP contribution in [0.4, 0.5) is 0 Å². The number of benzene rings is 1. The highest BCUT2D eigenvalue weighted by molar-refractivity contribution is 7.89. The largest absolute Gasteiger partial charge is 0.481 e. The third kappa shape index (κ3) is 4.08. The van der Waals surface area contributed by atoms with Crippen molar-refractivity contribution in [1.82, 2.24) is 9.62 Å². The van der Waals surface area contributed by atoms with Crippen molar-refractivity contribution in [2.45, 2.75) is 30.2 Å². The number of carbonyl (C=O) groups is 2. The molecule has 7 nitrogen and oxygen atoms in total. The molecule has 1 saturated carbocycles. The number of hydrogen-bond acceptors (Lipinski definition) is 4. The summed E-state index contributed by atoms with van der Waals surface area (Å²) in [5.74, 6) is -2.03. The molecule has 23 heavy (non-hydrogen) atoms. The van der Waals surface area contributed by atoms with Gasteiger partial charge in [0.25, 0.3) is 0 Å². The molecular weight excluding hydrogens is 320 g/mol. The summed E-state index contributed by atoms with van der Waals surface area (Å²) < 4.78 is 25.6. The quantitative estimate of drug-likeness (QED) is 0.792. The van der Waals surface area contributed by atoms with Gasteiger partial charge >= 0.3 is 5.97 Å². The van der Waals surface area contributed by atoms with Crippen molar-refractivity contribution in [3.63, 3.8) is 0 Å². The van der Waals surface area contributed by atoms with Crippen LogP contribution in [0.2, 0.25) is 0 Å². The second kappa shape index (κ2) is 7.10. The monoisotopic (exact) mass is 340 g/mol. The lowest BCUT2D eigenvalue weighted by atomic mass is 10.0. The Morgan fingerprint density at radius 2 is 1.91 bits per heavy atom. The standard InChI is InChI=1S/C15H20N2O5S/c1-17(23(21,22)11-6-3-2-4-7-11)10-14(18)16-13-9-5-8-12(13)15(19)20/h2-4,6-7,12-13H,5,8-10H2,1H3,(H,16,18)(H,19,20)/t12-,13+/m0/s1. The summed E-state index contributed by atoms with van der Waals surface area (Å²) in [7, 11) is -2.42. The number of sulfonamides is 1. The van der Waals surface area contributed by atoms with Gasteiger partial charge < -0.3 is 10.4 Å². The Morgan fingerprint density at radius 1 is 1.26 bits per heavy atom. The maximum Gasteiger partial charge on any atom is 0.308 e. The summed E-state index contributed by atoms with van der Waals surface area (Å²) in [6.07, 6.45) is 1.86. The number of hydrogen-bond donors (Lipinski definition) is 2. The molecule has 0 saturated heterocycles. The lowest BCUT2D eigenvalue weighted by Gasteiger charge is -2.21. The molecular formula is C15H20N2O5S. The van der Waals surface area contributed by atoms with Crippen LogP contribution >= 0.6 is 0 Å². The molecule has 1 aliphatic rings. The Kier molecular flexibility index (Phi) is 5.38. The van der Waals surface area contributed by atoms with Gasteiger partial charge in [-0.25, -0.2) is 8.42 Å². The van der Waals surface area contributed by atoms with E-state index in [9.17, 15) is 18.0 Å². The van der Waals surface area contributed by atoms with E-state index in [1.165, 1.54) is 19.2 Å². The average molecular weight is 340 g/mol. The molecule has 8 heteroatoms. The van der Waals surface area contributed by atoms with Crippen LogP contribution in [0.3, 0.4) is 0 Å². The van der Waals surface area contributed by atoms with E-state index in [1.54, 1.807) is 18.2 Å². The van der Waals surface area contributed by atoms with Crippen LogP contribution in [-0.2, 0) is 19.6 Å². The number of nitrogens with zero attached hydrogens (tertiary/aromatic N) is 1. The van der Waals surface area contributed by atoms with Crippen molar-refractivity contribution in [3.8, 4) is 0 Å². The molecule has 2 rings (SSSR count). The minimum Gasteiger partial charge on any atom is -0.481 e. The molecule has 126 valence electrons. The zero-order valence-corrected chi connectivity index (χ0v) is 13.6. The third-order valence-electron chi connectivity index (χ3n) is 4.00. The summed E-state index contributed by atoms with van der Waals surface area (Å²) >= 11 is 0. The normalized spacial score (nSPS) is 21.3. The molecule has 0 spiro atoms. The summed E-state index contributed by atoms with van der Waals surface area (Å²) in [5, 5.41) is 11.7. The molecule has 2 N–H and O–H groups in total. The van der Waals surface area contributed by atoms with Crippen LogP contribution < -0.4 is 5.32 Å². The maximum atomic E-state index is 12.3. The van der Waals surface area contributed by atoms with E-state index in [0.29, 0.717) is 12.8 Å². The molecule has 2 atom stereocenters.